The van der Waals surface area contributed by atoms with Crippen LogP contribution in [0.2, 0.25) is 0 Å². The summed E-state index contributed by atoms with van der Waals surface area (Å²) in [5.74, 6) is 0.346. The molecular formula is C20H25N3O3. The van der Waals surface area contributed by atoms with Crippen LogP contribution >= 0.6 is 0 Å². The maximum absolute atomic E-state index is 12.4. The lowest BCUT2D eigenvalue weighted by atomic mass is 10.1. The van der Waals surface area contributed by atoms with Crippen molar-refractivity contribution in [2.24, 2.45) is 0 Å². The van der Waals surface area contributed by atoms with Crippen molar-refractivity contribution in [3.05, 3.63) is 53.9 Å². The topological polar surface area (TPSA) is 73.2 Å². The largest absolute Gasteiger partial charge is 0.494 e. The van der Waals surface area contributed by atoms with Crippen molar-refractivity contribution in [1.29, 1.82) is 0 Å². The molecule has 0 fully saturated rings. The molecule has 1 heterocycles. The maximum Gasteiger partial charge on any atom is 0.247 e. The standard InChI is InChI=1S/C20H25N3O3/c1-5-7-18-14(3)22-23(15(18)4)20(25)13-12-19(24)21-16-8-10-17(11-9-16)26-6-2/h5,8-11H,1,6-7,12-13H2,2-4H3,(H,21,24). The Hall–Kier alpha value is -2.89. The number of aryl methyl sites for hydroxylation is 1. The molecule has 1 N–H and O–H groups in total. The second-order valence-corrected chi connectivity index (χ2v) is 5.95. The zero-order valence-electron chi connectivity index (χ0n) is 15.5. The van der Waals surface area contributed by atoms with Gasteiger partial charge in [0.25, 0.3) is 0 Å². The molecule has 1 amide bonds. The molecule has 26 heavy (non-hydrogen) atoms. The lowest BCUT2D eigenvalue weighted by molar-refractivity contribution is -0.116. The number of carbonyl (C=O) groups is 2. The number of rotatable bonds is 8. The van der Waals surface area contributed by atoms with Gasteiger partial charge in [0.2, 0.25) is 11.8 Å². The first-order valence-corrected chi connectivity index (χ1v) is 8.68. The molecule has 0 aliphatic heterocycles. The van der Waals surface area contributed by atoms with E-state index in [0.717, 1.165) is 22.7 Å². The highest BCUT2D eigenvalue weighted by Crippen LogP contribution is 2.17. The van der Waals surface area contributed by atoms with E-state index in [2.05, 4.69) is 17.0 Å². The van der Waals surface area contributed by atoms with E-state index >= 15 is 0 Å². The predicted molar refractivity (Wildman–Crippen MR) is 102 cm³/mol. The number of allylic oxidation sites excluding steroid dienone is 1. The molecule has 1 aromatic heterocycles. The Balaban J connectivity index is 1.91. The highest BCUT2D eigenvalue weighted by atomic mass is 16.5. The molecule has 0 spiro atoms. The van der Waals surface area contributed by atoms with Gasteiger partial charge in [0.05, 0.1) is 12.3 Å². The summed E-state index contributed by atoms with van der Waals surface area (Å²) in [7, 11) is 0. The normalized spacial score (nSPS) is 10.4. The van der Waals surface area contributed by atoms with Crippen molar-refractivity contribution in [2.75, 3.05) is 11.9 Å². The van der Waals surface area contributed by atoms with Gasteiger partial charge in [-0.2, -0.15) is 5.10 Å². The first-order chi connectivity index (χ1) is 12.5. The molecule has 0 unspecified atom stereocenters. The molecule has 0 aliphatic rings. The number of ether oxygens (including phenoxy) is 1. The van der Waals surface area contributed by atoms with Gasteiger partial charge in [0, 0.05) is 29.8 Å². The second kappa shape index (κ2) is 8.99. The van der Waals surface area contributed by atoms with Crippen LogP contribution in [0.3, 0.4) is 0 Å². The van der Waals surface area contributed by atoms with E-state index in [0.29, 0.717) is 18.7 Å². The maximum atomic E-state index is 12.4. The molecule has 0 saturated carbocycles. The van der Waals surface area contributed by atoms with E-state index in [1.54, 1.807) is 30.3 Å². The Morgan fingerprint density at radius 2 is 1.92 bits per heavy atom. The lowest BCUT2D eigenvalue weighted by Gasteiger charge is -2.07. The summed E-state index contributed by atoms with van der Waals surface area (Å²) in [6, 6.07) is 7.13. The Bertz CT molecular complexity index is 791. The fraction of sp³-hybridized carbons (Fsp3) is 0.350. The van der Waals surface area contributed by atoms with Gasteiger partial charge >= 0.3 is 0 Å². The summed E-state index contributed by atoms with van der Waals surface area (Å²) in [6.07, 6.45) is 2.65. The number of nitrogens with one attached hydrogen (secondary N) is 1. The second-order valence-electron chi connectivity index (χ2n) is 5.95. The summed E-state index contributed by atoms with van der Waals surface area (Å²) >= 11 is 0. The van der Waals surface area contributed by atoms with Crippen molar-refractivity contribution in [2.45, 2.75) is 40.0 Å². The summed E-state index contributed by atoms with van der Waals surface area (Å²) < 4.78 is 6.75. The monoisotopic (exact) mass is 355 g/mol. The molecular weight excluding hydrogens is 330 g/mol. The fourth-order valence-corrected chi connectivity index (χ4v) is 2.71. The van der Waals surface area contributed by atoms with E-state index in [4.69, 9.17) is 4.74 Å². The smallest absolute Gasteiger partial charge is 0.247 e. The minimum atomic E-state index is -0.213. The molecule has 0 bridgehead atoms. The van der Waals surface area contributed by atoms with Gasteiger partial charge in [-0.15, -0.1) is 6.58 Å². The number of nitrogens with zero attached hydrogens (tertiary/aromatic N) is 2. The molecule has 0 saturated heterocycles. The Morgan fingerprint density at radius 3 is 2.54 bits per heavy atom. The molecule has 6 heteroatoms. The minimum absolute atomic E-state index is 0.0956. The number of aromatic nitrogens is 2. The van der Waals surface area contributed by atoms with Crippen molar-refractivity contribution >= 4 is 17.5 Å². The van der Waals surface area contributed by atoms with E-state index in [9.17, 15) is 9.59 Å². The third-order valence-electron chi connectivity index (χ3n) is 4.04. The minimum Gasteiger partial charge on any atom is -0.494 e. The molecule has 0 radical (unpaired) electrons. The molecule has 2 rings (SSSR count). The zero-order chi connectivity index (χ0) is 19.1. The summed E-state index contributed by atoms with van der Waals surface area (Å²) in [5.41, 5.74) is 3.30. The zero-order valence-corrected chi connectivity index (χ0v) is 15.5. The third kappa shape index (κ3) is 4.81. The van der Waals surface area contributed by atoms with Crippen LogP contribution in [0.4, 0.5) is 5.69 Å². The van der Waals surface area contributed by atoms with E-state index in [1.165, 1.54) is 4.68 Å². The lowest BCUT2D eigenvalue weighted by Crippen LogP contribution is -2.18. The Kier molecular flexibility index (Phi) is 6.72. The number of hydrogen-bond donors (Lipinski definition) is 1. The number of amides is 1. The van der Waals surface area contributed by atoms with E-state index in [-0.39, 0.29) is 24.7 Å². The average Bonchev–Trinajstić information content (AvgIpc) is 2.90. The number of carbonyl (C=O) groups excluding carboxylic acids is 2. The molecule has 6 nitrogen and oxygen atoms in total. The molecule has 1 aromatic carbocycles. The summed E-state index contributed by atoms with van der Waals surface area (Å²) in [6.45, 7) is 9.96. The summed E-state index contributed by atoms with van der Waals surface area (Å²) in [5, 5.41) is 7.07. The van der Waals surface area contributed by atoms with Crippen LogP contribution in [0.25, 0.3) is 0 Å². The predicted octanol–water partition coefficient (Wildman–Crippen LogP) is 3.69. The van der Waals surface area contributed by atoms with Gasteiger partial charge < -0.3 is 10.1 Å². The molecule has 138 valence electrons. The fourth-order valence-electron chi connectivity index (χ4n) is 2.71. The first kappa shape index (κ1) is 19.4. The van der Waals surface area contributed by atoms with Crippen LogP contribution in [0.15, 0.2) is 36.9 Å². The SMILES string of the molecule is C=CCc1c(C)nn(C(=O)CCC(=O)Nc2ccc(OCC)cc2)c1C. The van der Waals surface area contributed by atoms with Crippen LogP contribution in [-0.4, -0.2) is 28.2 Å². The van der Waals surface area contributed by atoms with Crippen LogP contribution in [-0.2, 0) is 11.2 Å². The van der Waals surface area contributed by atoms with Gasteiger partial charge in [0.15, 0.2) is 0 Å². The number of anilines is 1. The van der Waals surface area contributed by atoms with Gasteiger partial charge in [0.1, 0.15) is 5.75 Å². The quantitative estimate of drug-likeness (QED) is 0.733. The van der Waals surface area contributed by atoms with Crippen molar-refractivity contribution in [3.8, 4) is 5.75 Å². The van der Waals surface area contributed by atoms with E-state index < -0.39 is 0 Å². The molecule has 2 aromatic rings. The van der Waals surface area contributed by atoms with Gasteiger partial charge in [-0.05, 0) is 51.5 Å². The first-order valence-electron chi connectivity index (χ1n) is 8.68. The highest BCUT2D eigenvalue weighted by molar-refractivity contribution is 5.93. The van der Waals surface area contributed by atoms with Crippen molar-refractivity contribution in [3.63, 3.8) is 0 Å². The average molecular weight is 355 g/mol. The highest BCUT2D eigenvalue weighted by Gasteiger charge is 2.16. The van der Waals surface area contributed by atoms with Crippen LogP contribution in [0, 0.1) is 13.8 Å². The van der Waals surface area contributed by atoms with Crippen LogP contribution in [0.1, 0.15) is 41.5 Å². The summed E-state index contributed by atoms with van der Waals surface area (Å²) in [4.78, 5) is 24.5. The number of benzene rings is 1. The third-order valence-corrected chi connectivity index (χ3v) is 4.04. The van der Waals surface area contributed by atoms with Crippen molar-refractivity contribution in [1.82, 2.24) is 9.78 Å². The number of hydrogen-bond acceptors (Lipinski definition) is 4. The van der Waals surface area contributed by atoms with Gasteiger partial charge in [-0.3, -0.25) is 9.59 Å². The van der Waals surface area contributed by atoms with Crippen LogP contribution in [0.5, 0.6) is 5.75 Å². The van der Waals surface area contributed by atoms with Gasteiger partial charge in [-0.25, -0.2) is 4.68 Å². The van der Waals surface area contributed by atoms with E-state index in [1.807, 2.05) is 20.8 Å². The van der Waals surface area contributed by atoms with Crippen molar-refractivity contribution < 1.29 is 14.3 Å². The van der Waals surface area contributed by atoms with Gasteiger partial charge in [-0.1, -0.05) is 6.08 Å². The van der Waals surface area contributed by atoms with Crippen LogP contribution < -0.4 is 10.1 Å². The Labute approximate surface area is 153 Å². The molecule has 0 atom stereocenters. The molecule has 0 aliphatic carbocycles. The Morgan fingerprint density at radius 1 is 1.23 bits per heavy atom.